The predicted octanol–water partition coefficient (Wildman–Crippen LogP) is 2.74. The number of ether oxygens (including phenoxy) is 2. The second-order valence-electron chi connectivity index (χ2n) is 5.16. The molecule has 0 spiro atoms. The topological polar surface area (TPSA) is 48.4 Å². The number of methoxy groups -OCH3 is 2. The molecule has 5 heteroatoms. The van der Waals surface area contributed by atoms with Crippen molar-refractivity contribution in [3.63, 3.8) is 0 Å². The highest BCUT2D eigenvalue weighted by atomic mass is 31.2. The van der Waals surface area contributed by atoms with Gasteiger partial charge in [0.15, 0.2) is 7.14 Å². The summed E-state index contributed by atoms with van der Waals surface area (Å²) in [7, 11) is -0.0474. The molecule has 1 heterocycles. The second kappa shape index (κ2) is 6.90. The van der Waals surface area contributed by atoms with Gasteiger partial charge in [0.05, 0.1) is 19.5 Å². The molecule has 0 bridgehead atoms. The predicted molar refractivity (Wildman–Crippen MR) is 96.7 cm³/mol. The van der Waals surface area contributed by atoms with Crippen LogP contribution >= 0.6 is 7.14 Å². The van der Waals surface area contributed by atoms with Crippen molar-refractivity contribution in [3.8, 4) is 11.8 Å². The van der Waals surface area contributed by atoms with Crippen molar-refractivity contribution in [2.45, 2.75) is 0 Å². The first-order chi connectivity index (χ1) is 11.7. The van der Waals surface area contributed by atoms with Crippen LogP contribution in [0.25, 0.3) is 0 Å². The Morgan fingerprint density at radius 1 is 0.750 bits per heavy atom. The number of benzene rings is 2. The summed E-state index contributed by atoms with van der Waals surface area (Å²) < 4.78 is 24.8. The third-order valence-corrected chi connectivity index (χ3v) is 6.87. The van der Waals surface area contributed by atoms with Gasteiger partial charge in [0.25, 0.3) is 0 Å². The maximum Gasteiger partial charge on any atom is 0.228 e. The first kappa shape index (κ1) is 16.3. The Bertz CT molecular complexity index is 823. The van der Waals surface area contributed by atoms with Crippen LogP contribution in [-0.4, -0.2) is 19.2 Å². The van der Waals surface area contributed by atoms with Gasteiger partial charge in [-0.15, -0.1) is 0 Å². The molecule has 0 aliphatic heterocycles. The number of hydrogen-bond acceptors (Lipinski definition) is 4. The molecule has 24 heavy (non-hydrogen) atoms. The van der Waals surface area contributed by atoms with Crippen LogP contribution in [0.1, 0.15) is 0 Å². The maximum atomic E-state index is 14.2. The van der Waals surface area contributed by atoms with Crippen molar-refractivity contribution in [1.82, 2.24) is 4.98 Å². The molecule has 3 rings (SSSR count). The second-order valence-corrected chi connectivity index (χ2v) is 7.90. The van der Waals surface area contributed by atoms with Crippen molar-refractivity contribution in [3.05, 3.63) is 72.8 Å². The maximum absolute atomic E-state index is 14.2. The molecule has 0 radical (unpaired) electrons. The normalized spacial score (nSPS) is 11.1. The van der Waals surface area contributed by atoms with Gasteiger partial charge >= 0.3 is 0 Å². The number of pyridine rings is 1. The number of rotatable bonds is 5. The van der Waals surface area contributed by atoms with Gasteiger partial charge in [0.2, 0.25) is 11.8 Å². The van der Waals surface area contributed by atoms with Crippen LogP contribution in [0.4, 0.5) is 0 Å². The van der Waals surface area contributed by atoms with Crippen LogP contribution in [0.15, 0.2) is 72.8 Å². The quantitative estimate of drug-likeness (QED) is 0.671. The van der Waals surface area contributed by atoms with Gasteiger partial charge in [-0.25, -0.2) is 0 Å². The van der Waals surface area contributed by atoms with E-state index in [9.17, 15) is 4.57 Å². The Morgan fingerprint density at radius 2 is 1.29 bits per heavy atom. The molecule has 0 unspecified atom stereocenters. The van der Waals surface area contributed by atoms with Crippen LogP contribution in [0.5, 0.6) is 11.8 Å². The van der Waals surface area contributed by atoms with Crippen molar-refractivity contribution >= 4 is 23.1 Å². The number of nitrogens with zero attached hydrogens (tertiary/aromatic N) is 1. The average Bonchev–Trinajstić information content (AvgIpc) is 2.68. The van der Waals surface area contributed by atoms with Gasteiger partial charge in [0, 0.05) is 16.7 Å². The highest BCUT2D eigenvalue weighted by molar-refractivity contribution is 7.85. The van der Waals surface area contributed by atoms with Gasteiger partial charge < -0.3 is 14.0 Å². The molecule has 0 amide bonds. The average molecular weight is 339 g/mol. The molecule has 0 saturated carbocycles. The van der Waals surface area contributed by atoms with Crippen molar-refractivity contribution in [2.75, 3.05) is 14.2 Å². The molecule has 4 nitrogen and oxygen atoms in total. The molecule has 0 fully saturated rings. The fraction of sp³-hybridized carbons (Fsp3) is 0.105. The third-order valence-electron chi connectivity index (χ3n) is 3.80. The summed E-state index contributed by atoms with van der Waals surface area (Å²) in [6, 6.07) is 22.3. The SMILES string of the molecule is COc1ccc(P(=O)(c2ccccc2)c2ccccc2)c(OC)n1. The van der Waals surface area contributed by atoms with E-state index in [0.29, 0.717) is 17.1 Å². The van der Waals surface area contributed by atoms with Crippen molar-refractivity contribution in [1.29, 1.82) is 0 Å². The van der Waals surface area contributed by atoms with E-state index in [-0.39, 0.29) is 0 Å². The van der Waals surface area contributed by atoms with Crippen LogP contribution < -0.4 is 25.4 Å². The minimum absolute atomic E-state index is 0.311. The lowest BCUT2D eigenvalue weighted by atomic mass is 10.4. The van der Waals surface area contributed by atoms with Crippen molar-refractivity contribution < 1.29 is 14.0 Å². The molecule has 0 atom stereocenters. The monoisotopic (exact) mass is 339 g/mol. The first-order valence-electron chi connectivity index (χ1n) is 7.51. The van der Waals surface area contributed by atoms with Crippen LogP contribution in [0.2, 0.25) is 0 Å². The van der Waals surface area contributed by atoms with Gasteiger partial charge in [-0.1, -0.05) is 60.7 Å². The fourth-order valence-electron chi connectivity index (χ4n) is 2.62. The lowest BCUT2D eigenvalue weighted by molar-refractivity contribution is 0.367. The standard InChI is InChI=1S/C19H18NO3P/c1-22-18-14-13-17(19(20-18)23-2)24(21,15-9-5-3-6-10-15)16-11-7-4-8-12-16/h3-14H,1-2H3. The van der Waals surface area contributed by atoms with Gasteiger partial charge in [-0.05, 0) is 6.07 Å². The van der Waals surface area contributed by atoms with E-state index in [4.69, 9.17) is 9.47 Å². The Morgan fingerprint density at radius 3 is 1.75 bits per heavy atom. The highest BCUT2D eigenvalue weighted by Crippen LogP contribution is 2.44. The third kappa shape index (κ3) is 2.81. The van der Waals surface area contributed by atoms with E-state index in [1.54, 1.807) is 12.1 Å². The van der Waals surface area contributed by atoms with Crippen LogP contribution in [-0.2, 0) is 4.57 Å². The summed E-state index contributed by atoms with van der Waals surface area (Å²) in [5.41, 5.74) is 0. The molecule has 3 aromatic rings. The molecule has 0 saturated heterocycles. The lowest BCUT2D eigenvalue weighted by Crippen LogP contribution is -2.26. The number of aromatic nitrogens is 1. The van der Waals surface area contributed by atoms with E-state index in [1.807, 2.05) is 60.7 Å². The summed E-state index contributed by atoms with van der Waals surface area (Å²) in [5, 5.41) is 2.03. The lowest BCUT2D eigenvalue weighted by Gasteiger charge is -2.21. The molecule has 0 aliphatic carbocycles. The summed E-state index contributed by atoms with van der Waals surface area (Å²) in [6.45, 7) is 0. The molecule has 122 valence electrons. The molecular weight excluding hydrogens is 321 g/mol. The summed E-state index contributed by atoms with van der Waals surface area (Å²) >= 11 is 0. The van der Waals surface area contributed by atoms with E-state index in [1.165, 1.54) is 14.2 Å². The number of hydrogen-bond donors (Lipinski definition) is 0. The summed E-state index contributed by atoms with van der Waals surface area (Å²) in [6.07, 6.45) is 0. The van der Waals surface area contributed by atoms with Crippen molar-refractivity contribution in [2.24, 2.45) is 0 Å². The minimum atomic E-state index is -3.10. The fourth-order valence-corrected chi connectivity index (χ4v) is 5.36. The smallest absolute Gasteiger partial charge is 0.228 e. The van der Waals surface area contributed by atoms with Gasteiger partial charge in [-0.3, -0.25) is 0 Å². The van der Waals surface area contributed by atoms with Crippen LogP contribution in [0, 0.1) is 0 Å². The highest BCUT2D eigenvalue weighted by Gasteiger charge is 2.33. The Hall–Kier alpha value is -2.58. The summed E-state index contributed by atoms with van der Waals surface area (Å²) in [5.74, 6) is 0.730. The Labute approximate surface area is 141 Å². The molecule has 0 aliphatic rings. The van der Waals surface area contributed by atoms with Crippen LogP contribution in [0.3, 0.4) is 0 Å². The minimum Gasteiger partial charge on any atom is -0.481 e. The zero-order chi connectivity index (χ0) is 17.0. The Balaban J connectivity index is 2.30. The molecular formula is C19H18NO3P. The molecule has 1 aromatic heterocycles. The Kier molecular flexibility index (Phi) is 4.68. The zero-order valence-corrected chi connectivity index (χ0v) is 14.4. The molecule has 0 N–H and O–H groups in total. The largest absolute Gasteiger partial charge is 0.481 e. The van der Waals surface area contributed by atoms with E-state index in [2.05, 4.69) is 4.98 Å². The van der Waals surface area contributed by atoms with Gasteiger partial charge in [-0.2, -0.15) is 4.98 Å². The van der Waals surface area contributed by atoms with E-state index in [0.717, 1.165) is 10.6 Å². The molecule has 2 aromatic carbocycles. The zero-order valence-electron chi connectivity index (χ0n) is 13.5. The summed E-state index contributed by atoms with van der Waals surface area (Å²) in [4.78, 5) is 4.31. The van der Waals surface area contributed by atoms with E-state index >= 15 is 0 Å². The first-order valence-corrected chi connectivity index (χ1v) is 9.21. The van der Waals surface area contributed by atoms with Gasteiger partial charge in [0.1, 0.15) is 0 Å². The van der Waals surface area contributed by atoms with E-state index < -0.39 is 7.14 Å².